The number of furan rings is 1. The summed E-state index contributed by atoms with van der Waals surface area (Å²) < 4.78 is 16.4. The van der Waals surface area contributed by atoms with Crippen LogP contribution in [0.1, 0.15) is 23.4 Å². The van der Waals surface area contributed by atoms with Crippen molar-refractivity contribution in [3.63, 3.8) is 0 Å². The third kappa shape index (κ3) is 3.49. The van der Waals surface area contributed by atoms with E-state index in [1.54, 1.807) is 0 Å². The van der Waals surface area contributed by atoms with Crippen LogP contribution in [0.15, 0.2) is 21.6 Å². The second-order valence-corrected chi connectivity index (χ2v) is 4.47. The van der Waals surface area contributed by atoms with Crippen LogP contribution in [0.2, 0.25) is 0 Å². The van der Waals surface area contributed by atoms with Crippen molar-refractivity contribution in [3.8, 4) is 0 Å². The van der Waals surface area contributed by atoms with E-state index in [1.807, 2.05) is 0 Å². The Bertz CT molecular complexity index is 361. The van der Waals surface area contributed by atoms with Crippen molar-refractivity contribution in [2.24, 2.45) is 5.73 Å². The number of rotatable bonds is 6. The SMILES string of the molecule is NCCCCS(=O)c1ccc(C(=O)O)o1. The molecule has 1 rings (SSSR count). The Balaban J connectivity index is 2.54. The number of hydrogen-bond donors (Lipinski definition) is 2. The molecule has 0 aliphatic rings. The molecule has 1 atom stereocenters. The average molecular weight is 231 g/mol. The highest BCUT2D eigenvalue weighted by Gasteiger charge is 2.12. The Labute approximate surface area is 89.7 Å². The molecule has 0 aliphatic heterocycles. The highest BCUT2D eigenvalue weighted by atomic mass is 32.2. The van der Waals surface area contributed by atoms with Crippen molar-refractivity contribution in [1.82, 2.24) is 0 Å². The number of nitrogens with two attached hydrogens (primary N) is 1. The van der Waals surface area contributed by atoms with Crippen molar-refractivity contribution < 1.29 is 18.5 Å². The number of hydrogen-bond acceptors (Lipinski definition) is 4. The molecule has 0 fully saturated rings. The minimum atomic E-state index is -1.27. The number of unbranched alkanes of at least 4 members (excludes halogenated alkanes) is 1. The van der Waals surface area contributed by atoms with E-state index in [0.29, 0.717) is 12.3 Å². The van der Waals surface area contributed by atoms with E-state index in [4.69, 9.17) is 15.3 Å². The first-order chi connectivity index (χ1) is 7.15. The van der Waals surface area contributed by atoms with Crippen LogP contribution in [0.3, 0.4) is 0 Å². The summed E-state index contributed by atoms with van der Waals surface area (Å²) in [5.41, 5.74) is 5.30. The molecule has 0 bridgehead atoms. The zero-order chi connectivity index (χ0) is 11.3. The second-order valence-electron chi connectivity index (χ2n) is 2.97. The maximum absolute atomic E-state index is 11.5. The van der Waals surface area contributed by atoms with Gasteiger partial charge in [-0.25, -0.2) is 4.79 Å². The Morgan fingerprint density at radius 3 is 2.73 bits per heavy atom. The first-order valence-electron chi connectivity index (χ1n) is 4.56. The van der Waals surface area contributed by atoms with Gasteiger partial charge >= 0.3 is 5.97 Å². The van der Waals surface area contributed by atoms with E-state index in [9.17, 15) is 9.00 Å². The molecule has 0 spiro atoms. The highest BCUT2D eigenvalue weighted by molar-refractivity contribution is 7.84. The number of carboxylic acids is 1. The quantitative estimate of drug-likeness (QED) is 0.707. The lowest BCUT2D eigenvalue weighted by Crippen LogP contribution is -2.03. The van der Waals surface area contributed by atoms with E-state index >= 15 is 0 Å². The lowest BCUT2D eigenvalue weighted by atomic mass is 10.3. The number of carbonyl (C=O) groups is 1. The van der Waals surface area contributed by atoms with E-state index in [0.717, 1.165) is 12.8 Å². The van der Waals surface area contributed by atoms with Gasteiger partial charge in [-0.1, -0.05) is 0 Å². The summed E-state index contributed by atoms with van der Waals surface area (Å²) in [6.07, 6.45) is 1.55. The molecule has 1 aromatic rings. The van der Waals surface area contributed by atoms with Crippen molar-refractivity contribution >= 4 is 16.8 Å². The van der Waals surface area contributed by atoms with Gasteiger partial charge in [-0.2, -0.15) is 0 Å². The molecule has 1 unspecified atom stereocenters. The van der Waals surface area contributed by atoms with Crippen LogP contribution in [0.5, 0.6) is 0 Å². The van der Waals surface area contributed by atoms with Gasteiger partial charge in [0.15, 0.2) is 5.09 Å². The van der Waals surface area contributed by atoms with E-state index in [2.05, 4.69) is 0 Å². The molecule has 5 nitrogen and oxygen atoms in total. The Morgan fingerprint density at radius 1 is 1.47 bits per heavy atom. The molecule has 0 saturated carbocycles. The molecule has 0 saturated heterocycles. The molecule has 15 heavy (non-hydrogen) atoms. The van der Waals surface area contributed by atoms with Gasteiger partial charge < -0.3 is 15.3 Å². The van der Waals surface area contributed by atoms with Crippen LogP contribution in [-0.2, 0) is 10.8 Å². The zero-order valence-electron chi connectivity index (χ0n) is 8.14. The van der Waals surface area contributed by atoms with Crippen LogP contribution in [0, 0.1) is 0 Å². The second kappa shape index (κ2) is 5.67. The standard InChI is InChI=1S/C9H13NO4S/c10-5-1-2-6-15(13)8-4-3-7(14-8)9(11)12/h3-4H,1-2,5-6,10H2,(H,11,12). The summed E-state index contributed by atoms with van der Waals surface area (Å²) in [4.78, 5) is 10.5. The molecule has 6 heteroatoms. The molecule has 1 heterocycles. The highest BCUT2D eigenvalue weighted by Crippen LogP contribution is 2.13. The van der Waals surface area contributed by atoms with Gasteiger partial charge in [0.2, 0.25) is 5.76 Å². The topological polar surface area (TPSA) is 93.5 Å². The van der Waals surface area contributed by atoms with E-state index in [-0.39, 0.29) is 10.9 Å². The van der Waals surface area contributed by atoms with Crippen LogP contribution in [0.25, 0.3) is 0 Å². The molecule has 3 N–H and O–H groups in total. The van der Waals surface area contributed by atoms with Crippen LogP contribution in [0.4, 0.5) is 0 Å². The fourth-order valence-corrected chi connectivity index (χ4v) is 2.11. The van der Waals surface area contributed by atoms with Gasteiger partial charge in [-0.05, 0) is 31.5 Å². The minimum absolute atomic E-state index is 0.183. The lowest BCUT2D eigenvalue weighted by Gasteiger charge is -1.97. The fraction of sp³-hybridized carbons (Fsp3) is 0.444. The Kier molecular flexibility index (Phi) is 4.51. The summed E-state index contributed by atoms with van der Waals surface area (Å²) in [5.74, 6) is -0.888. The molecular formula is C9H13NO4S. The summed E-state index contributed by atoms with van der Waals surface area (Å²) in [6, 6.07) is 2.74. The fourth-order valence-electron chi connectivity index (χ4n) is 1.04. The summed E-state index contributed by atoms with van der Waals surface area (Å²) >= 11 is 0. The molecule has 0 amide bonds. The zero-order valence-corrected chi connectivity index (χ0v) is 8.96. The third-order valence-corrected chi connectivity index (χ3v) is 3.13. The first kappa shape index (κ1) is 11.9. The number of aromatic carboxylic acids is 1. The molecular weight excluding hydrogens is 218 g/mol. The average Bonchev–Trinajstić information content (AvgIpc) is 2.66. The van der Waals surface area contributed by atoms with Crippen LogP contribution in [-0.4, -0.2) is 27.6 Å². The number of carboxylic acid groups (broad SMARTS) is 1. The summed E-state index contributed by atoms with van der Waals surface area (Å²) in [7, 11) is -1.27. The van der Waals surface area contributed by atoms with Crippen LogP contribution >= 0.6 is 0 Å². The monoisotopic (exact) mass is 231 g/mol. The van der Waals surface area contributed by atoms with E-state index < -0.39 is 16.8 Å². The largest absolute Gasteiger partial charge is 0.475 e. The maximum atomic E-state index is 11.5. The first-order valence-corrected chi connectivity index (χ1v) is 5.88. The molecule has 0 radical (unpaired) electrons. The lowest BCUT2D eigenvalue weighted by molar-refractivity contribution is 0.0656. The van der Waals surface area contributed by atoms with Crippen LogP contribution < -0.4 is 5.73 Å². The van der Waals surface area contributed by atoms with Crippen molar-refractivity contribution in [2.45, 2.75) is 17.9 Å². The molecule has 0 aromatic carbocycles. The normalized spacial score (nSPS) is 12.6. The molecule has 0 aliphatic carbocycles. The predicted molar refractivity (Wildman–Crippen MR) is 55.2 cm³/mol. The minimum Gasteiger partial charge on any atom is -0.475 e. The summed E-state index contributed by atoms with van der Waals surface area (Å²) in [6.45, 7) is 0.565. The van der Waals surface area contributed by atoms with Gasteiger partial charge in [0.05, 0.1) is 10.8 Å². The van der Waals surface area contributed by atoms with Gasteiger partial charge in [-0.15, -0.1) is 0 Å². The van der Waals surface area contributed by atoms with Gasteiger partial charge in [-0.3, -0.25) is 4.21 Å². The third-order valence-electron chi connectivity index (χ3n) is 1.80. The Morgan fingerprint density at radius 2 is 2.20 bits per heavy atom. The van der Waals surface area contributed by atoms with Crippen molar-refractivity contribution in [1.29, 1.82) is 0 Å². The predicted octanol–water partition coefficient (Wildman–Crippen LogP) is 0.824. The van der Waals surface area contributed by atoms with Crippen molar-refractivity contribution in [3.05, 3.63) is 17.9 Å². The van der Waals surface area contributed by atoms with Gasteiger partial charge in [0, 0.05) is 5.75 Å². The van der Waals surface area contributed by atoms with Gasteiger partial charge in [0.1, 0.15) is 0 Å². The Hall–Kier alpha value is -1.14. The summed E-state index contributed by atoms with van der Waals surface area (Å²) in [5, 5.41) is 8.80. The van der Waals surface area contributed by atoms with Gasteiger partial charge in [0.25, 0.3) is 0 Å². The molecule has 1 aromatic heterocycles. The van der Waals surface area contributed by atoms with Crippen molar-refractivity contribution in [2.75, 3.05) is 12.3 Å². The molecule has 84 valence electrons. The maximum Gasteiger partial charge on any atom is 0.371 e. The smallest absolute Gasteiger partial charge is 0.371 e. The van der Waals surface area contributed by atoms with E-state index in [1.165, 1.54) is 12.1 Å².